The Balaban J connectivity index is 1.86. The molecule has 0 saturated heterocycles. The molecule has 1 unspecified atom stereocenters. The molecule has 0 fully saturated rings. The summed E-state index contributed by atoms with van der Waals surface area (Å²) in [5, 5.41) is 12.1. The molecule has 0 spiro atoms. The molecule has 0 aliphatic carbocycles. The van der Waals surface area contributed by atoms with Crippen LogP contribution in [0.5, 0.6) is 5.75 Å². The Kier molecular flexibility index (Phi) is 11.3. The quantitative estimate of drug-likeness (QED) is 0.427. The maximum Gasteiger partial charge on any atom is 0.333 e. The van der Waals surface area contributed by atoms with Crippen LogP contribution in [0.4, 0.5) is 9.18 Å². The fraction of sp³-hybridized carbons (Fsp3) is 0.462. The second-order valence-corrected chi connectivity index (χ2v) is 8.30. The molecule has 2 aromatic rings. The molecular formula is C26H35FN2O5. The summed E-state index contributed by atoms with van der Waals surface area (Å²) in [7, 11) is 0. The first-order valence-corrected chi connectivity index (χ1v) is 11.6. The number of hydrogen-bond acceptors (Lipinski definition) is 4. The van der Waals surface area contributed by atoms with E-state index >= 15 is 0 Å². The molecule has 0 aliphatic heterocycles. The van der Waals surface area contributed by atoms with E-state index in [1.807, 2.05) is 26.0 Å². The minimum absolute atomic E-state index is 0.0203. The number of amides is 2. The van der Waals surface area contributed by atoms with Crippen molar-refractivity contribution >= 4 is 12.0 Å². The summed E-state index contributed by atoms with van der Waals surface area (Å²) in [6.45, 7) is 7.20. The molecule has 0 saturated carbocycles. The normalized spacial score (nSPS) is 11.8. The first-order chi connectivity index (χ1) is 16.3. The summed E-state index contributed by atoms with van der Waals surface area (Å²) in [4.78, 5) is 25.6. The van der Waals surface area contributed by atoms with Gasteiger partial charge < -0.3 is 24.8 Å². The molecule has 0 radical (unpaired) electrons. The van der Waals surface area contributed by atoms with Crippen LogP contribution < -0.4 is 10.1 Å². The SMILES string of the molecule is CCOC(Cc1ccc(OCCN(CCCc2ccc(F)cc2)C(=O)NC(C)C)cc1)C(=O)O. The van der Waals surface area contributed by atoms with Crippen LogP contribution in [0.2, 0.25) is 0 Å². The molecule has 2 rings (SSSR count). The maximum absolute atomic E-state index is 13.1. The van der Waals surface area contributed by atoms with E-state index in [4.69, 9.17) is 9.47 Å². The van der Waals surface area contributed by atoms with E-state index in [1.54, 1.807) is 36.1 Å². The van der Waals surface area contributed by atoms with Gasteiger partial charge in [0.2, 0.25) is 0 Å². The predicted octanol–water partition coefficient (Wildman–Crippen LogP) is 4.29. The van der Waals surface area contributed by atoms with Crippen molar-refractivity contribution in [2.24, 2.45) is 0 Å². The molecule has 2 amide bonds. The summed E-state index contributed by atoms with van der Waals surface area (Å²) in [5.74, 6) is -0.605. The molecule has 2 aromatic carbocycles. The van der Waals surface area contributed by atoms with Gasteiger partial charge in [-0.3, -0.25) is 0 Å². The van der Waals surface area contributed by atoms with Crippen molar-refractivity contribution < 1.29 is 28.6 Å². The average Bonchev–Trinajstić information content (AvgIpc) is 2.79. The van der Waals surface area contributed by atoms with Crippen molar-refractivity contribution in [1.29, 1.82) is 0 Å². The van der Waals surface area contributed by atoms with E-state index in [0.29, 0.717) is 32.1 Å². The van der Waals surface area contributed by atoms with Crippen molar-refractivity contribution in [2.75, 3.05) is 26.3 Å². The summed E-state index contributed by atoms with van der Waals surface area (Å²) in [6.07, 6.45) is 0.893. The minimum Gasteiger partial charge on any atom is -0.492 e. The molecule has 186 valence electrons. The Morgan fingerprint density at radius 2 is 1.68 bits per heavy atom. The number of nitrogens with zero attached hydrogens (tertiary/aromatic N) is 1. The van der Waals surface area contributed by atoms with Crippen LogP contribution >= 0.6 is 0 Å². The van der Waals surface area contributed by atoms with E-state index in [-0.39, 0.29) is 24.3 Å². The first kappa shape index (κ1) is 27.1. The smallest absolute Gasteiger partial charge is 0.333 e. The van der Waals surface area contributed by atoms with Gasteiger partial charge in [-0.05, 0) is 69.0 Å². The highest BCUT2D eigenvalue weighted by Crippen LogP contribution is 2.15. The zero-order chi connectivity index (χ0) is 24.9. The monoisotopic (exact) mass is 474 g/mol. The summed E-state index contributed by atoms with van der Waals surface area (Å²) in [6, 6.07) is 13.5. The van der Waals surface area contributed by atoms with Gasteiger partial charge >= 0.3 is 12.0 Å². The molecule has 0 heterocycles. The van der Waals surface area contributed by atoms with Crippen molar-refractivity contribution in [1.82, 2.24) is 10.2 Å². The van der Waals surface area contributed by atoms with Crippen LogP contribution in [0.15, 0.2) is 48.5 Å². The Hall–Kier alpha value is -3.13. The molecule has 7 nitrogen and oxygen atoms in total. The van der Waals surface area contributed by atoms with Crippen molar-refractivity contribution in [2.45, 2.75) is 52.2 Å². The summed E-state index contributed by atoms with van der Waals surface area (Å²) >= 11 is 0. The van der Waals surface area contributed by atoms with Gasteiger partial charge in [0.05, 0.1) is 6.54 Å². The average molecular weight is 475 g/mol. The number of benzene rings is 2. The number of carboxylic acids is 1. The lowest BCUT2D eigenvalue weighted by Crippen LogP contribution is -2.45. The minimum atomic E-state index is -0.985. The van der Waals surface area contributed by atoms with Gasteiger partial charge in [0.15, 0.2) is 6.10 Å². The Morgan fingerprint density at radius 3 is 2.26 bits per heavy atom. The molecule has 1 atom stereocenters. The topological polar surface area (TPSA) is 88.1 Å². The number of aryl methyl sites for hydroxylation is 1. The van der Waals surface area contributed by atoms with Crippen molar-refractivity contribution in [3.8, 4) is 5.75 Å². The van der Waals surface area contributed by atoms with Crippen LogP contribution in [-0.4, -0.2) is 60.5 Å². The molecule has 0 aliphatic rings. The second-order valence-electron chi connectivity index (χ2n) is 8.30. The third-order valence-corrected chi connectivity index (χ3v) is 5.12. The highest BCUT2D eigenvalue weighted by Gasteiger charge is 2.18. The lowest BCUT2D eigenvalue weighted by atomic mass is 10.1. The van der Waals surface area contributed by atoms with Crippen LogP contribution in [0.3, 0.4) is 0 Å². The number of nitrogens with one attached hydrogen (secondary N) is 1. The molecule has 0 aromatic heterocycles. The van der Waals surface area contributed by atoms with Gasteiger partial charge in [-0.2, -0.15) is 0 Å². The van der Waals surface area contributed by atoms with E-state index in [0.717, 1.165) is 24.0 Å². The number of urea groups is 1. The predicted molar refractivity (Wildman–Crippen MR) is 129 cm³/mol. The lowest BCUT2D eigenvalue weighted by Gasteiger charge is -2.24. The zero-order valence-electron chi connectivity index (χ0n) is 20.1. The highest BCUT2D eigenvalue weighted by atomic mass is 19.1. The number of carbonyl (C=O) groups excluding carboxylic acids is 1. The van der Waals surface area contributed by atoms with Gasteiger partial charge in [0, 0.05) is 25.6 Å². The fourth-order valence-electron chi connectivity index (χ4n) is 3.41. The standard InChI is InChI=1S/C26H35FN2O5/c1-4-33-24(25(30)31)18-21-9-13-23(14-10-21)34-17-16-29(26(32)28-19(2)3)15-5-6-20-7-11-22(27)12-8-20/h7-14,19,24H,4-6,15-18H2,1-3H3,(H,28,32)(H,30,31). The lowest BCUT2D eigenvalue weighted by molar-refractivity contribution is -0.149. The van der Waals surface area contributed by atoms with Crippen LogP contribution in [0, 0.1) is 5.82 Å². The Labute approximate surface area is 200 Å². The number of rotatable bonds is 14. The van der Waals surface area contributed by atoms with E-state index in [9.17, 15) is 19.1 Å². The zero-order valence-corrected chi connectivity index (χ0v) is 20.1. The third-order valence-electron chi connectivity index (χ3n) is 5.12. The molecular weight excluding hydrogens is 439 g/mol. The van der Waals surface area contributed by atoms with Crippen LogP contribution in [-0.2, 0) is 22.4 Å². The Morgan fingerprint density at radius 1 is 1.03 bits per heavy atom. The number of aliphatic carboxylic acids is 1. The molecule has 34 heavy (non-hydrogen) atoms. The van der Waals surface area contributed by atoms with Crippen LogP contribution in [0.1, 0.15) is 38.3 Å². The van der Waals surface area contributed by atoms with Gasteiger partial charge in [-0.25, -0.2) is 14.0 Å². The Bertz CT molecular complexity index is 887. The number of hydrogen-bond donors (Lipinski definition) is 2. The first-order valence-electron chi connectivity index (χ1n) is 11.6. The van der Waals surface area contributed by atoms with Gasteiger partial charge in [-0.15, -0.1) is 0 Å². The highest BCUT2D eigenvalue weighted by molar-refractivity contribution is 5.74. The van der Waals surface area contributed by atoms with E-state index < -0.39 is 12.1 Å². The van der Waals surface area contributed by atoms with Crippen molar-refractivity contribution in [3.05, 3.63) is 65.5 Å². The number of halogens is 1. The third kappa shape index (κ3) is 9.79. The summed E-state index contributed by atoms with van der Waals surface area (Å²) in [5.41, 5.74) is 1.86. The van der Waals surface area contributed by atoms with Crippen LogP contribution in [0.25, 0.3) is 0 Å². The number of carbonyl (C=O) groups is 2. The van der Waals surface area contributed by atoms with E-state index in [2.05, 4.69) is 5.32 Å². The molecule has 0 bridgehead atoms. The van der Waals surface area contributed by atoms with Gasteiger partial charge in [0.1, 0.15) is 18.2 Å². The number of carboxylic acid groups (broad SMARTS) is 1. The van der Waals surface area contributed by atoms with E-state index in [1.165, 1.54) is 12.1 Å². The summed E-state index contributed by atoms with van der Waals surface area (Å²) < 4.78 is 24.1. The van der Waals surface area contributed by atoms with Crippen molar-refractivity contribution in [3.63, 3.8) is 0 Å². The largest absolute Gasteiger partial charge is 0.492 e. The maximum atomic E-state index is 13.1. The molecule has 8 heteroatoms. The fourth-order valence-corrected chi connectivity index (χ4v) is 3.41. The molecule has 2 N–H and O–H groups in total. The van der Waals surface area contributed by atoms with Gasteiger partial charge in [0.25, 0.3) is 0 Å². The number of ether oxygens (including phenoxy) is 2. The second kappa shape index (κ2) is 14.2. The van der Waals surface area contributed by atoms with Gasteiger partial charge in [-0.1, -0.05) is 24.3 Å².